The van der Waals surface area contributed by atoms with E-state index in [1.165, 1.54) is 6.07 Å². The molecule has 4 nitrogen and oxygen atoms in total. The fourth-order valence-electron chi connectivity index (χ4n) is 2.03. The quantitative estimate of drug-likeness (QED) is 0.916. The lowest BCUT2D eigenvalue weighted by Crippen LogP contribution is -2.43. The van der Waals surface area contributed by atoms with E-state index < -0.39 is 12.8 Å². The first kappa shape index (κ1) is 13.9. The van der Waals surface area contributed by atoms with E-state index in [0.29, 0.717) is 12.4 Å². The minimum Gasteiger partial charge on any atom is -0.468 e. The summed E-state index contributed by atoms with van der Waals surface area (Å²) in [5.41, 5.74) is 5.87. The third kappa shape index (κ3) is 4.27. The highest BCUT2D eigenvalue weighted by Crippen LogP contribution is 2.21. The van der Waals surface area contributed by atoms with Gasteiger partial charge in [-0.1, -0.05) is 6.07 Å². The third-order valence-corrected chi connectivity index (χ3v) is 2.87. The first-order chi connectivity index (χ1) is 8.94. The zero-order chi connectivity index (χ0) is 13.9. The molecule has 2 heterocycles. The van der Waals surface area contributed by atoms with Crippen LogP contribution in [0.5, 0.6) is 5.88 Å². The molecule has 2 N–H and O–H groups in total. The molecule has 0 saturated carbocycles. The topological polar surface area (TPSA) is 51.4 Å². The fraction of sp³-hybridized carbons (Fsp3) is 0.583. The van der Waals surface area contributed by atoms with Crippen LogP contribution >= 0.6 is 0 Å². The third-order valence-electron chi connectivity index (χ3n) is 2.87. The molecule has 0 aliphatic carbocycles. The molecule has 106 valence electrons. The van der Waals surface area contributed by atoms with Crippen LogP contribution in [0, 0.1) is 0 Å². The number of nitrogens with two attached hydrogens (primary N) is 1. The standard InChI is InChI=1S/C12H16F3N3O/c13-12(14,15)8-19-11-5-1-4-10(17-11)18-6-2-3-9(16)7-18/h1,4-5,9H,2-3,6-8,16H2. The summed E-state index contributed by atoms with van der Waals surface area (Å²) in [6.07, 6.45) is -2.44. The second-order valence-electron chi connectivity index (χ2n) is 4.59. The van der Waals surface area contributed by atoms with Crippen molar-refractivity contribution >= 4 is 5.82 Å². The number of aromatic nitrogens is 1. The van der Waals surface area contributed by atoms with Gasteiger partial charge >= 0.3 is 6.18 Å². The Bertz CT molecular complexity index is 425. The smallest absolute Gasteiger partial charge is 0.422 e. The molecule has 0 radical (unpaired) electrons. The Labute approximate surface area is 109 Å². The second kappa shape index (κ2) is 5.64. The maximum atomic E-state index is 12.1. The van der Waals surface area contributed by atoms with Crippen LogP contribution in [0.2, 0.25) is 0 Å². The minimum absolute atomic E-state index is 0.0195. The van der Waals surface area contributed by atoms with Gasteiger partial charge < -0.3 is 15.4 Å². The summed E-state index contributed by atoms with van der Waals surface area (Å²) in [7, 11) is 0. The Balaban J connectivity index is 2.02. The Morgan fingerprint density at radius 1 is 1.42 bits per heavy atom. The maximum absolute atomic E-state index is 12.1. The van der Waals surface area contributed by atoms with Gasteiger partial charge in [-0.3, -0.25) is 0 Å². The lowest BCUT2D eigenvalue weighted by Gasteiger charge is -2.31. The lowest BCUT2D eigenvalue weighted by molar-refractivity contribution is -0.154. The van der Waals surface area contributed by atoms with Gasteiger partial charge in [0.25, 0.3) is 0 Å². The Morgan fingerprint density at radius 2 is 2.21 bits per heavy atom. The lowest BCUT2D eigenvalue weighted by atomic mass is 10.1. The van der Waals surface area contributed by atoms with E-state index in [1.54, 1.807) is 12.1 Å². The molecule has 0 amide bonds. The number of piperidine rings is 1. The van der Waals surface area contributed by atoms with Crippen molar-refractivity contribution in [2.24, 2.45) is 5.73 Å². The zero-order valence-electron chi connectivity index (χ0n) is 10.4. The van der Waals surface area contributed by atoms with Crippen LogP contribution in [0.15, 0.2) is 18.2 Å². The highest BCUT2D eigenvalue weighted by Gasteiger charge is 2.28. The van der Waals surface area contributed by atoms with E-state index in [1.807, 2.05) is 4.90 Å². The summed E-state index contributed by atoms with van der Waals surface area (Å²) in [6.45, 7) is 0.141. The molecule has 1 aliphatic heterocycles. The number of ether oxygens (including phenoxy) is 1. The molecule has 1 unspecified atom stereocenters. The number of anilines is 1. The maximum Gasteiger partial charge on any atom is 0.422 e. The van der Waals surface area contributed by atoms with Gasteiger partial charge in [0.15, 0.2) is 6.61 Å². The fourth-order valence-corrected chi connectivity index (χ4v) is 2.03. The van der Waals surface area contributed by atoms with Crippen molar-refractivity contribution in [3.05, 3.63) is 18.2 Å². The first-order valence-electron chi connectivity index (χ1n) is 6.11. The first-order valence-corrected chi connectivity index (χ1v) is 6.11. The highest BCUT2D eigenvalue weighted by molar-refractivity contribution is 5.41. The predicted octanol–water partition coefficient (Wildman–Crippen LogP) is 1.95. The molecule has 1 fully saturated rings. The van der Waals surface area contributed by atoms with Gasteiger partial charge in [0.2, 0.25) is 5.88 Å². The average molecular weight is 275 g/mol. The summed E-state index contributed by atoms with van der Waals surface area (Å²) >= 11 is 0. The largest absolute Gasteiger partial charge is 0.468 e. The normalized spacial score (nSPS) is 20.4. The van der Waals surface area contributed by atoms with Crippen molar-refractivity contribution in [3.63, 3.8) is 0 Å². The van der Waals surface area contributed by atoms with Crippen molar-refractivity contribution in [3.8, 4) is 5.88 Å². The number of nitrogens with zero attached hydrogens (tertiary/aromatic N) is 2. The van der Waals surface area contributed by atoms with Gasteiger partial charge in [-0.2, -0.15) is 18.2 Å². The molecule has 0 aromatic carbocycles. The molecule has 1 aromatic heterocycles. The van der Waals surface area contributed by atoms with Gasteiger partial charge in [0.1, 0.15) is 5.82 Å². The van der Waals surface area contributed by atoms with Gasteiger partial charge in [-0.25, -0.2) is 0 Å². The van der Waals surface area contributed by atoms with Crippen molar-refractivity contribution in [2.75, 3.05) is 24.6 Å². The number of halogens is 3. The Morgan fingerprint density at radius 3 is 2.89 bits per heavy atom. The van der Waals surface area contributed by atoms with E-state index in [4.69, 9.17) is 5.73 Å². The van der Waals surface area contributed by atoms with Crippen molar-refractivity contribution < 1.29 is 17.9 Å². The monoisotopic (exact) mass is 275 g/mol. The van der Waals surface area contributed by atoms with E-state index >= 15 is 0 Å². The molecule has 1 saturated heterocycles. The highest BCUT2D eigenvalue weighted by atomic mass is 19.4. The van der Waals surface area contributed by atoms with Gasteiger partial charge in [0.05, 0.1) is 0 Å². The Hall–Kier alpha value is -1.50. The zero-order valence-corrected chi connectivity index (χ0v) is 10.4. The van der Waals surface area contributed by atoms with Crippen LogP contribution in [-0.4, -0.2) is 36.9 Å². The second-order valence-corrected chi connectivity index (χ2v) is 4.59. The molecular formula is C12H16F3N3O. The van der Waals surface area contributed by atoms with Crippen LogP contribution in [0.4, 0.5) is 19.0 Å². The molecule has 7 heteroatoms. The molecule has 1 aliphatic rings. The summed E-state index contributed by atoms with van der Waals surface area (Å²) in [4.78, 5) is 6.05. The van der Waals surface area contributed by atoms with Crippen LogP contribution in [0.1, 0.15) is 12.8 Å². The molecule has 1 aromatic rings. The average Bonchev–Trinajstić information content (AvgIpc) is 2.36. The number of hydrogen-bond acceptors (Lipinski definition) is 4. The molecule has 1 atom stereocenters. The number of alkyl halides is 3. The van der Waals surface area contributed by atoms with E-state index in [9.17, 15) is 13.2 Å². The minimum atomic E-state index is -4.36. The molecule has 2 rings (SSSR count). The van der Waals surface area contributed by atoms with Gasteiger partial charge in [-0.05, 0) is 18.9 Å². The van der Waals surface area contributed by atoms with Crippen LogP contribution in [-0.2, 0) is 0 Å². The van der Waals surface area contributed by atoms with Crippen molar-refractivity contribution in [1.29, 1.82) is 0 Å². The predicted molar refractivity (Wildman–Crippen MR) is 65.2 cm³/mol. The van der Waals surface area contributed by atoms with Crippen LogP contribution in [0.3, 0.4) is 0 Å². The van der Waals surface area contributed by atoms with E-state index in [0.717, 1.165) is 19.4 Å². The molecule has 0 bridgehead atoms. The summed E-state index contributed by atoms with van der Waals surface area (Å²) < 4.78 is 40.8. The van der Waals surface area contributed by atoms with Crippen molar-refractivity contribution in [2.45, 2.75) is 25.1 Å². The molecule has 19 heavy (non-hydrogen) atoms. The number of hydrogen-bond donors (Lipinski definition) is 1. The number of rotatable bonds is 3. The number of pyridine rings is 1. The van der Waals surface area contributed by atoms with E-state index in [-0.39, 0.29) is 11.9 Å². The SMILES string of the molecule is NC1CCCN(c2cccc(OCC(F)(F)F)n2)C1. The van der Waals surface area contributed by atoms with Crippen molar-refractivity contribution in [1.82, 2.24) is 4.98 Å². The molecule has 0 spiro atoms. The summed E-state index contributed by atoms with van der Waals surface area (Å²) in [5, 5.41) is 0. The van der Waals surface area contributed by atoms with Crippen LogP contribution in [0.25, 0.3) is 0 Å². The van der Waals surface area contributed by atoms with E-state index in [2.05, 4.69) is 9.72 Å². The van der Waals surface area contributed by atoms with Gasteiger partial charge in [-0.15, -0.1) is 0 Å². The molecular weight excluding hydrogens is 259 g/mol. The van der Waals surface area contributed by atoms with Gasteiger partial charge in [0, 0.05) is 25.2 Å². The summed E-state index contributed by atoms with van der Waals surface area (Å²) in [6, 6.07) is 4.88. The van der Waals surface area contributed by atoms with Crippen LogP contribution < -0.4 is 15.4 Å². The summed E-state index contributed by atoms with van der Waals surface area (Å²) in [5.74, 6) is 0.587. The Kier molecular flexibility index (Phi) is 4.14.